The van der Waals surface area contributed by atoms with Crippen LogP contribution in [0.25, 0.3) is 10.9 Å². The van der Waals surface area contributed by atoms with Crippen LogP contribution in [0.4, 0.5) is 0 Å². The molecule has 1 aromatic heterocycles. The zero-order chi connectivity index (χ0) is 14.2. The highest BCUT2D eigenvalue weighted by Gasteiger charge is 2.39. The second-order valence-corrected chi connectivity index (χ2v) is 5.82. The van der Waals surface area contributed by atoms with Gasteiger partial charge in [0, 0.05) is 35.1 Å². The van der Waals surface area contributed by atoms with Crippen molar-refractivity contribution in [2.45, 2.75) is 44.2 Å². The van der Waals surface area contributed by atoms with E-state index < -0.39 is 0 Å². The van der Waals surface area contributed by atoms with Crippen LogP contribution in [-0.2, 0) is 5.54 Å². The zero-order valence-electron chi connectivity index (χ0n) is 11.9. The van der Waals surface area contributed by atoms with Gasteiger partial charge in [-0.2, -0.15) is 0 Å². The number of hydrogen-bond donors (Lipinski definition) is 4. The van der Waals surface area contributed by atoms with E-state index in [-0.39, 0.29) is 11.6 Å². The van der Waals surface area contributed by atoms with Gasteiger partial charge in [-0.3, -0.25) is 5.41 Å². The second kappa shape index (κ2) is 4.94. The van der Waals surface area contributed by atoms with Gasteiger partial charge in [0.1, 0.15) is 0 Å². The summed E-state index contributed by atoms with van der Waals surface area (Å²) in [6.45, 7) is 2.04. The summed E-state index contributed by atoms with van der Waals surface area (Å²) in [6, 6.07) is 8.23. The van der Waals surface area contributed by atoms with E-state index in [1.165, 1.54) is 10.9 Å². The molecule has 1 saturated heterocycles. The van der Waals surface area contributed by atoms with Gasteiger partial charge in [0.2, 0.25) is 0 Å². The summed E-state index contributed by atoms with van der Waals surface area (Å²) in [5.74, 6) is 0.602. The van der Waals surface area contributed by atoms with Gasteiger partial charge < -0.3 is 16.0 Å². The van der Waals surface area contributed by atoms with E-state index in [0.717, 1.165) is 31.2 Å². The van der Waals surface area contributed by atoms with Crippen LogP contribution in [0.1, 0.15) is 38.2 Å². The first kappa shape index (κ1) is 13.2. The lowest BCUT2D eigenvalue weighted by atomic mass is 9.80. The van der Waals surface area contributed by atoms with E-state index in [4.69, 9.17) is 11.1 Å². The summed E-state index contributed by atoms with van der Waals surface area (Å²) in [5.41, 5.74) is 8.32. The fraction of sp³-hybridized carbons (Fsp3) is 0.438. The molecule has 3 rings (SSSR count). The van der Waals surface area contributed by atoms with Crippen molar-refractivity contribution in [3.05, 3.63) is 36.0 Å². The molecule has 1 aliphatic heterocycles. The Bertz CT molecular complexity index is 628. The molecule has 1 fully saturated rings. The summed E-state index contributed by atoms with van der Waals surface area (Å²) in [7, 11) is 0. The Morgan fingerprint density at radius 1 is 1.30 bits per heavy atom. The van der Waals surface area contributed by atoms with Gasteiger partial charge in [-0.25, -0.2) is 0 Å². The van der Waals surface area contributed by atoms with Gasteiger partial charge in [-0.15, -0.1) is 0 Å². The quantitative estimate of drug-likeness (QED) is 0.677. The molecule has 5 N–H and O–H groups in total. The van der Waals surface area contributed by atoms with E-state index in [1.807, 2.05) is 13.0 Å². The molecule has 2 atom stereocenters. The number of amidine groups is 1. The third kappa shape index (κ3) is 2.00. The third-order valence-corrected chi connectivity index (χ3v) is 4.47. The normalized spacial score (nSPS) is 25.2. The average molecular weight is 270 g/mol. The number of fused-ring (bicyclic) bond motifs is 1. The number of H-pyrrole nitrogens is 1. The van der Waals surface area contributed by atoms with Gasteiger partial charge in [0.25, 0.3) is 0 Å². The molecule has 2 aromatic rings. The van der Waals surface area contributed by atoms with E-state index >= 15 is 0 Å². The predicted molar refractivity (Wildman–Crippen MR) is 83.0 cm³/mol. The van der Waals surface area contributed by atoms with E-state index in [1.54, 1.807) is 0 Å². The lowest BCUT2D eigenvalue weighted by molar-refractivity contribution is 0.306. The molecule has 1 aromatic carbocycles. The van der Waals surface area contributed by atoms with Crippen LogP contribution in [0, 0.1) is 5.41 Å². The van der Waals surface area contributed by atoms with Crippen molar-refractivity contribution in [3.63, 3.8) is 0 Å². The van der Waals surface area contributed by atoms with Gasteiger partial charge in [-0.1, -0.05) is 24.6 Å². The number of benzene rings is 1. The Kier molecular flexibility index (Phi) is 3.26. The molecule has 0 radical (unpaired) electrons. The number of nitrogens with two attached hydrogens (primary N) is 1. The van der Waals surface area contributed by atoms with Crippen LogP contribution in [0.15, 0.2) is 30.5 Å². The molecule has 4 nitrogen and oxygen atoms in total. The number of nitrogens with one attached hydrogen (secondary N) is 3. The zero-order valence-corrected chi connectivity index (χ0v) is 11.9. The van der Waals surface area contributed by atoms with Crippen LogP contribution in [0.5, 0.6) is 0 Å². The van der Waals surface area contributed by atoms with Crippen molar-refractivity contribution in [2.75, 3.05) is 0 Å². The van der Waals surface area contributed by atoms with Crippen LogP contribution in [0.3, 0.4) is 0 Å². The Morgan fingerprint density at radius 2 is 2.10 bits per heavy atom. The van der Waals surface area contributed by atoms with Crippen LogP contribution < -0.4 is 11.1 Å². The summed E-state index contributed by atoms with van der Waals surface area (Å²) >= 11 is 0. The molecule has 1 aliphatic rings. The molecule has 2 unspecified atom stereocenters. The predicted octanol–water partition coefficient (Wildman–Crippen LogP) is 2.85. The number of para-hydroxylation sites is 1. The molecule has 4 heteroatoms. The molecule has 2 heterocycles. The summed E-state index contributed by atoms with van der Waals surface area (Å²) < 4.78 is 0. The van der Waals surface area contributed by atoms with Gasteiger partial charge in [-0.05, 0) is 25.8 Å². The smallest absolute Gasteiger partial charge is 0.0939 e. The second-order valence-electron chi connectivity index (χ2n) is 5.82. The Hall–Kier alpha value is -1.81. The molecule has 0 aliphatic carbocycles. The Morgan fingerprint density at radius 3 is 2.90 bits per heavy atom. The molecular weight excluding hydrogens is 248 g/mol. The highest BCUT2D eigenvalue weighted by Crippen LogP contribution is 2.36. The highest BCUT2D eigenvalue weighted by molar-refractivity contribution is 5.86. The summed E-state index contributed by atoms with van der Waals surface area (Å²) in [4.78, 5) is 3.33. The maximum atomic E-state index is 8.11. The van der Waals surface area contributed by atoms with Crippen molar-refractivity contribution in [3.8, 4) is 0 Å². The maximum absolute atomic E-state index is 8.11. The van der Waals surface area contributed by atoms with E-state index in [0.29, 0.717) is 5.84 Å². The number of hydrogen-bond acceptors (Lipinski definition) is 2. The highest BCUT2D eigenvalue weighted by atomic mass is 15.1. The van der Waals surface area contributed by atoms with Crippen LogP contribution in [-0.4, -0.2) is 16.9 Å². The Balaban J connectivity index is 2.16. The first-order chi connectivity index (χ1) is 9.63. The molecule has 106 valence electrons. The standard InChI is InChI=1S/C16H22N4/c1-11(17)16(9-5-4-8-15(18)20-16)13-10-19-14-7-3-2-6-12(13)14/h2-3,6-7,10-11,19H,4-5,8-9,17H2,1H3,(H2,18,20). The summed E-state index contributed by atoms with van der Waals surface area (Å²) in [6.07, 6.45) is 5.99. The number of aromatic amines is 1. The third-order valence-electron chi connectivity index (χ3n) is 4.47. The SMILES string of the molecule is CC(N)C1(c2c[nH]c3ccccc23)CCCCC(=N)N1. The van der Waals surface area contributed by atoms with Gasteiger partial charge >= 0.3 is 0 Å². The number of aromatic nitrogens is 1. The molecular formula is C16H22N4. The van der Waals surface area contributed by atoms with E-state index in [2.05, 4.69) is 34.7 Å². The van der Waals surface area contributed by atoms with Gasteiger partial charge in [0.15, 0.2) is 0 Å². The average Bonchev–Trinajstić information content (AvgIpc) is 2.76. The minimum atomic E-state index is -0.340. The van der Waals surface area contributed by atoms with E-state index in [9.17, 15) is 0 Å². The van der Waals surface area contributed by atoms with Crippen molar-refractivity contribution in [2.24, 2.45) is 5.73 Å². The molecule has 0 saturated carbocycles. The lowest BCUT2D eigenvalue weighted by Gasteiger charge is -2.38. The molecule has 0 spiro atoms. The fourth-order valence-electron chi connectivity index (χ4n) is 3.33. The van der Waals surface area contributed by atoms with Crippen molar-refractivity contribution < 1.29 is 0 Å². The monoisotopic (exact) mass is 270 g/mol. The first-order valence-corrected chi connectivity index (χ1v) is 7.31. The maximum Gasteiger partial charge on any atom is 0.0939 e. The van der Waals surface area contributed by atoms with Crippen LogP contribution >= 0.6 is 0 Å². The molecule has 0 amide bonds. The van der Waals surface area contributed by atoms with Crippen molar-refractivity contribution in [1.82, 2.24) is 10.3 Å². The summed E-state index contributed by atoms with van der Waals surface area (Å²) in [5, 5.41) is 12.7. The largest absolute Gasteiger partial charge is 0.363 e. The molecule has 0 bridgehead atoms. The number of rotatable bonds is 2. The lowest BCUT2D eigenvalue weighted by Crippen LogP contribution is -2.55. The van der Waals surface area contributed by atoms with Crippen molar-refractivity contribution in [1.29, 1.82) is 5.41 Å². The topological polar surface area (TPSA) is 77.7 Å². The first-order valence-electron chi connectivity index (χ1n) is 7.31. The minimum Gasteiger partial charge on any atom is -0.363 e. The Labute approximate surface area is 119 Å². The molecule has 20 heavy (non-hydrogen) atoms. The van der Waals surface area contributed by atoms with Crippen LogP contribution in [0.2, 0.25) is 0 Å². The minimum absolute atomic E-state index is 0.0554. The fourth-order valence-corrected chi connectivity index (χ4v) is 3.33. The van der Waals surface area contributed by atoms with Crippen molar-refractivity contribution >= 4 is 16.7 Å². The van der Waals surface area contributed by atoms with Gasteiger partial charge in [0.05, 0.1) is 11.4 Å².